The maximum absolute atomic E-state index is 13.6. The lowest BCUT2D eigenvalue weighted by atomic mass is 10.0. The van der Waals surface area contributed by atoms with E-state index in [1.54, 1.807) is 25.7 Å². The van der Waals surface area contributed by atoms with Crippen LogP contribution in [0, 0.1) is 5.92 Å². The van der Waals surface area contributed by atoms with Crippen LogP contribution < -0.4 is 11.1 Å². The van der Waals surface area contributed by atoms with Gasteiger partial charge in [0.15, 0.2) is 0 Å². The Bertz CT molecular complexity index is 744. The maximum atomic E-state index is 13.6. The van der Waals surface area contributed by atoms with Gasteiger partial charge in [-0.05, 0) is 52.8 Å². The van der Waals surface area contributed by atoms with Crippen LogP contribution in [-0.4, -0.2) is 72.6 Å². The summed E-state index contributed by atoms with van der Waals surface area (Å²) in [6.45, 7) is 9.99. The molecule has 2 atom stereocenters. The van der Waals surface area contributed by atoms with Crippen molar-refractivity contribution in [3.8, 4) is 0 Å². The Morgan fingerprint density at radius 3 is 2.16 bits per heavy atom. The van der Waals surface area contributed by atoms with Gasteiger partial charge in [0.05, 0.1) is 0 Å². The summed E-state index contributed by atoms with van der Waals surface area (Å²) >= 11 is 0. The number of alkyl carbamates (subject to hydrolysis) is 1. The van der Waals surface area contributed by atoms with Gasteiger partial charge in [0, 0.05) is 19.5 Å². The second-order valence-electron chi connectivity index (χ2n) is 9.78. The number of hydrogen-bond donors (Lipinski definition) is 2. The first-order valence-electron chi connectivity index (χ1n) is 11.1. The summed E-state index contributed by atoms with van der Waals surface area (Å²) in [5.74, 6) is -0.613. The Kier molecular flexibility index (Phi) is 10.7. The van der Waals surface area contributed by atoms with E-state index in [2.05, 4.69) is 19.2 Å². The molecule has 1 rings (SSSR count). The van der Waals surface area contributed by atoms with Crippen molar-refractivity contribution in [2.24, 2.45) is 11.7 Å². The summed E-state index contributed by atoms with van der Waals surface area (Å²) < 4.78 is 5.35. The van der Waals surface area contributed by atoms with Gasteiger partial charge in [0.2, 0.25) is 11.8 Å². The minimum atomic E-state index is -0.885. The molecule has 1 aromatic rings. The molecule has 8 heteroatoms. The lowest BCUT2D eigenvalue weighted by Gasteiger charge is -2.34. The van der Waals surface area contributed by atoms with Crippen LogP contribution in [0.15, 0.2) is 30.3 Å². The number of nitrogens with two attached hydrogens (primary N) is 1. The molecule has 0 saturated carbocycles. The Hall–Kier alpha value is -2.61. The maximum Gasteiger partial charge on any atom is 0.408 e. The van der Waals surface area contributed by atoms with Crippen LogP contribution in [0.1, 0.15) is 46.6 Å². The van der Waals surface area contributed by atoms with Crippen molar-refractivity contribution in [3.63, 3.8) is 0 Å². The highest BCUT2D eigenvalue weighted by Crippen LogP contribution is 2.15. The lowest BCUT2D eigenvalue weighted by Crippen LogP contribution is -2.58. The topological polar surface area (TPSA) is 105 Å². The molecular weight excluding hydrogens is 408 g/mol. The third kappa shape index (κ3) is 10.1. The lowest BCUT2D eigenvalue weighted by molar-refractivity contribution is -0.141. The molecular formula is C24H40N4O4. The molecule has 0 spiro atoms. The smallest absolute Gasteiger partial charge is 0.408 e. The predicted octanol–water partition coefficient (Wildman–Crippen LogP) is 2.41. The average molecular weight is 449 g/mol. The van der Waals surface area contributed by atoms with Crippen molar-refractivity contribution < 1.29 is 19.1 Å². The van der Waals surface area contributed by atoms with Crippen molar-refractivity contribution in [1.29, 1.82) is 0 Å². The molecule has 1 aromatic carbocycles. The van der Waals surface area contributed by atoms with E-state index in [0.29, 0.717) is 25.3 Å². The third-order valence-electron chi connectivity index (χ3n) is 4.74. The van der Waals surface area contributed by atoms with Crippen molar-refractivity contribution in [2.45, 2.75) is 65.1 Å². The van der Waals surface area contributed by atoms with Crippen LogP contribution in [0.5, 0.6) is 0 Å². The first kappa shape index (κ1) is 27.4. The van der Waals surface area contributed by atoms with Gasteiger partial charge < -0.3 is 25.6 Å². The first-order chi connectivity index (χ1) is 14.8. The highest BCUT2D eigenvalue weighted by atomic mass is 16.6. The molecule has 0 fully saturated rings. The molecule has 3 amide bonds. The highest BCUT2D eigenvalue weighted by molar-refractivity contribution is 5.91. The minimum Gasteiger partial charge on any atom is -0.444 e. The van der Waals surface area contributed by atoms with Crippen LogP contribution in [0.2, 0.25) is 0 Å². The van der Waals surface area contributed by atoms with E-state index in [4.69, 9.17) is 10.5 Å². The number of nitrogens with zero attached hydrogens (tertiary/aromatic N) is 2. The summed E-state index contributed by atoms with van der Waals surface area (Å²) in [5, 5.41) is 2.68. The quantitative estimate of drug-likeness (QED) is 0.541. The molecule has 0 aliphatic rings. The summed E-state index contributed by atoms with van der Waals surface area (Å²) in [6, 6.07) is 7.74. The number of carbonyl (C=O) groups is 3. The van der Waals surface area contributed by atoms with E-state index >= 15 is 0 Å². The zero-order valence-corrected chi connectivity index (χ0v) is 20.6. The molecule has 3 N–H and O–H groups in total. The number of primary amides is 1. The molecule has 8 nitrogen and oxygen atoms in total. The van der Waals surface area contributed by atoms with E-state index in [1.165, 1.54) is 4.90 Å². The van der Waals surface area contributed by atoms with Gasteiger partial charge in [-0.15, -0.1) is 0 Å². The Morgan fingerprint density at radius 2 is 1.69 bits per heavy atom. The van der Waals surface area contributed by atoms with Gasteiger partial charge in [-0.3, -0.25) is 9.59 Å². The van der Waals surface area contributed by atoms with Crippen LogP contribution in [-0.2, 0) is 20.7 Å². The molecule has 180 valence electrons. The molecule has 32 heavy (non-hydrogen) atoms. The fraction of sp³-hybridized carbons (Fsp3) is 0.625. The number of ether oxygens (including phenoxy) is 1. The highest BCUT2D eigenvalue weighted by Gasteiger charge is 2.34. The molecule has 0 aromatic heterocycles. The zero-order valence-electron chi connectivity index (χ0n) is 20.6. The number of likely N-dealkylation sites (N-methyl/N-ethyl adjacent to an activating group) is 1. The Balaban J connectivity index is 3.22. The fourth-order valence-electron chi connectivity index (χ4n) is 3.22. The molecule has 0 unspecified atom stereocenters. The Morgan fingerprint density at radius 1 is 1.09 bits per heavy atom. The van der Waals surface area contributed by atoms with Gasteiger partial charge in [0.1, 0.15) is 17.7 Å². The predicted molar refractivity (Wildman–Crippen MR) is 126 cm³/mol. The third-order valence-corrected chi connectivity index (χ3v) is 4.74. The average Bonchev–Trinajstić information content (AvgIpc) is 2.65. The van der Waals surface area contributed by atoms with Crippen molar-refractivity contribution in [1.82, 2.24) is 15.1 Å². The van der Waals surface area contributed by atoms with E-state index in [1.807, 2.05) is 44.4 Å². The van der Waals surface area contributed by atoms with Crippen molar-refractivity contribution in [2.75, 3.05) is 27.2 Å². The van der Waals surface area contributed by atoms with Crippen LogP contribution in [0.4, 0.5) is 4.79 Å². The fourth-order valence-corrected chi connectivity index (χ4v) is 3.22. The van der Waals surface area contributed by atoms with E-state index in [0.717, 1.165) is 5.56 Å². The molecule has 0 radical (unpaired) electrons. The second kappa shape index (κ2) is 12.4. The number of benzene rings is 1. The number of nitrogens with one attached hydrogen (secondary N) is 1. The van der Waals surface area contributed by atoms with Crippen LogP contribution in [0.3, 0.4) is 0 Å². The van der Waals surface area contributed by atoms with Gasteiger partial charge in [0.25, 0.3) is 0 Å². The largest absolute Gasteiger partial charge is 0.444 e. The first-order valence-corrected chi connectivity index (χ1v) is 11.1. The number of hydrogen-bond acceptors (Lipinski definition) is 5. The molecule has 0 aliphatic heterocycles. The van der Waals surface area contributed by atoms with E-state index in [-0.39, 0.29) is 12.5 Å². The zero-order chi connectivity index (χ0) is 24.5. The summed E-state index contributed by atoms with van der Waals surface area (Å²) in [4.78, 5) is 41.8. The summed E-state index contributed by atoms with van der Waals surface area (Å²) in [6.07, 6.45) is 0.326. The van der Waals surface area contributed by atoms with Gasteiger partial charge in [-0.2, -0.15) is 0 Å². The van der Waals surface area contributed by atoms with Crippen molar-refractivity contribution >= 4 is 17.9 Å². The monoisotopic (exact) mass is 448 g/mol. The summed E-state index contributed by atoms with van der Waals surface area (Å²) in [5.41, 5.74) is 5.97. The van der Waals surface area contributed by atoms with Crippen LogP contribution >= 0.6 is 0 Å². The molecule has 0 saturated heterocycles. The Labute approximate surface area is 192 Å². The number of amides is 3. The standard InChI is InChI=1S/C24H40N4O4/c1-17(2)13-14-28(20(21(25)29)15-18-11-9-8-10-12-18)22(30)19(16-27(6)7)26-23(31)32-24(3,4)5/h8-12,17,19-20H,13-16H2,1-7H3,(H2,25,29)(H,26,31)/t19-,20+/m1/s1. The molecule has 0 heterocycles. The number of rotatable bonds is 11. The van der Waals surface area contributed by atoms with E-state index in [9.17, 15) is 14.4 Å². The summed E-state index contributed by atoms with van der Waals surface area (Å²) in [7, 11) is 3.62. The molecule has 0 bridgehead atoms. The van der Waals surface area contributed by atoms with Gasteiger partial charge in [-0.25, -0.2) is 4.79 Å². The van der Waals surface area contributed by atoms with Gasteiger partial charge in [-0.1, -0.05) is 44.2 Å². The van der Waals surface area contributed by atoms with Crippen LogP contribution in [0.25, 0.3) is 0 Å². The SMILES string of the molecule is CC(C)CCN(C(=O)[C@@H](CN(C)C)NC(=O)OC(C)(C)C)[C@@H](Cc1ccccc1)C(N)=O. The second-order valence-corrected chi connectivity index (χ2v) is 9.78. The minimum absolute atomic E-state index is 0.257. The van der Waals surface area contributed by atoms with Crippen molar-refractivity contribution in [3.05, 3.63) is 35.9 Å². The van der Waals surface area contributed by atoms with E-state index < -0.39 is 29.7 Å². The number of carbonyl (C=O) groups excluding carboxylic acids is 3. The normalized spacial score (nSPS) is 13.5. The van der Waals surface area contributed by atoms with Gasteiger partial charge >= 0.3 is 6.09 Å². The molecule has 0 aliphatic carbocycles.